The number of ether oxygens (including phenoxy) is 1. The molecule has 0 radical (unpaired) electrons. The standard InChI is InChI=1S/C14H17Cl2NO4/c1-9(14(20)17-7-3-2-4-13(18)19)21-12-6-5-10(15)8-11(12)16/h5-6,8-9H,2-4,7H2,1H3,(H,17,20)(H,18,19). The average Bonchev–Trinajstić information content (AvgIpc) is 2.40. The van der Waals surface area contributed by atoms with Crippen LogP contribution in [0.25, 0.3) is 0 Å². The van der Waals surface area contributed by atoms with Crippen LogP contribution in [0, 0.1) is 0 Å². The number of unbranched alkanes of at least 4 members (excludes halogenated alkanes) is 1. The first-order chi connectivity index (χ1) is 9.90. The number of hydrogen-bond donors (Lipinski definition) is 2. The summed E-state index contributed by atoms with van der Waals surface area (Å²) in [6, 6.07) is 4.76. The lowest BCUT2D eigenvalue weighted by molar-refractivity contribution is -0.137. The van der Waals surface area contributed by atoms with Gasteiger partial charge in [-0.2, -0.15) is 0 Å². The maximum atomic E-state index is 11.8. The first-order valence-electron chi connectivity index (χ1n) is 6.51. The number of carbonyl (C=O) groups is 2. The number of carboxylic acids is 1. The summed E-state index contributed by atoms with van der Waals surface area (Å²) in [7, 11) is 0. The van der Waals surface area contributed by atoms with E-state index >= 15 is 0 Å². The van der Waals surface area contributed by atoms with Crippen molar-refractivity contribution in [2.45, 2.75) is 32.3 Å². The Morgan fingerprint density at radius 3 is 2.67 bits per heavy atom. The summed E-state index contributed by atoms with van der Waals surface area (Å²) in [4.78, 5) is 22.1. The summed E-state index contributed by atoms with van der Waals surface area (Å²) in [6.45, 7) is 2.02. The van der Waals surface area contributed by atoms with Crippen molar-refractivity contribution in [2.75, 3.05) is 6.54 Å². The second-order valence-electron chi connectivity index (χ2n) is 4.48. The average molecular weight is 334 g/mol. The minimum atomic E-state index is -0.838. The van der Waals surface area contributed by atoms with Crippen molar-refractivity contribution < 1.29 is 19.4 Å². The number of nitrogens with one attached hydrogen (secondary N) is 1. The smallest absolute Gasteiger partial charge is 0.303 e. The summed E-state index contributed by atoms with van der Waals surface area (Å²) in [6.07, 6.45) is 0.519. The van der Waals surface area contributed by atoms with Crippen molar-refractivity contribution in [3.63, 3.8) is 0 Å². The fourth-order valence-electron chi connectivity index (χ4n) is 1.57. The molecule has 1 rings (SSSR count). The summed E-state index contributed by atoms with van der Waals surface area (Å²) in [5.74, 6) is -0.735. The zero-order chi connectivity index (χ0) is 15.8. The second kappa shape index (κ2) is 8.74. The van der Waals surface area contributed by atoms with Gasteiger partial charge < -0.3 is 15.2 Å². The number of carbonyl (C=O) groups excluding carboxylic acids is 1. The summed E-state index contributed by atoms with van der Waals surface area (Å²) in [5.41, 5.74) is 0. The maximum Gasteiger partial charge on any atom is 0.303 e. The van der Waals surface area contributed by atoms with Gasteiger partial charge in [0.15, 0.2) is 6.10 Å². The lowest BCUT2D eigenvalue weighted by Crippen LogP contribution is -2.36. The molecule has 1 amide bonds. The van der Waals surface area contributed by atoms with E-state index in [1.807, 2.05) is 0 Å². The maximum absolute atomic E-state index is 11.8. The van der Waals surface area contributed by atoms with Crippen LogP contribution < -0.4 is 10.1 Å². The van der Waals surface area contributed by atoms with E-state index < -0.39 is 12.1 Å². The molecule has 1 atom stereocenters. The van der Waals surface area contributed by atoms with Crippen molar-refractivity contribution in [3.8, 4) is 5.75 Å². The van der Waals surface area contributed by atoms with Crippen molar-refractivity contribution in [1.29, 1.82) is 0 Å². The Labute approximate surface area is 133 Å². The van der Waals surface area contributed by atoms with Crippen LogP contribution in [-0.2, 0) is 9.59 Å². The van der Waals surface area contributed by atoms with Gasteiger partial charge >= 0.3 is 5.97 Å². The zero-order valence-corrected chi connectivity index (χ0v) is 13.1. The van der Waals surface area contributed by atoms with Crippen LogP contribution in [-0.4, -0.2) is 29.6 Å². The Kier molecular flexibility index (Phi) is 7.32. The van der Waals surface area contributed by atoms with Crippen LogP contribution >= 0.6 is 23.2 Å². The molecule has 0 aromatic heterocycles. The third-order valence-electron chi connectivity index (χ3n) is 2.68. The van der Waals surface area contributed by atoms with Gasteiger partial charge in [-0.15, -0.1) is 0 Å². The van der Waals surface area contributed by atoms with Crippen molar-refractivity contribution in [2.24, 2.45) is 0 Å². The van der Waals surface area contributed by atoms with E-state index in [4.69, 9.17) is 33.0 Å². The molecule has 0 spiro atoms. The number of aliphatic carboxylic acids is 1. The molecule has 7 heteroatoms. The summed E-state index contributed by atoms with van der Waals surface area (Å²) in [5, 5.41) is 12.0. The molecule has 0 aliphatic rings. The highest BCUT2D eigenvalue weighted by atomic mass is 35.5. The molecule has 0 bridgehead atoms. The van der Waals surface area contributed by atoms with Crippen LogP contribution in [0.4, 0.5) is 0 Å². The monoisotopic (exact) mass is 333 g/mol. The third-order valence-corrected chi connectivity index (χ3v) is 3.21. The van der Waals surface area contributed by atoms with Crippen molar-refractivity contribution in [1.82, 2.24) is 5.32 Å². The molecular formula is C14H17Cl2NO4. The highest BCUT2D eigenvalue weighted by molar-refractivity contribution is 6.35. The van der Waals surface area contributed by atoms with E-state index in [1.165, 1.54) is 6.07 Å². The number of hydrogen-bond acceptors (Lipinski definition) is 3. The Morgan fingerprint density at radius 1 is 1.33 bits per heavy atom. The van der Waals surface area contributed by atoms with Gasteiger partial charge in [-0.3, -0.25) is 9.59 Å². The molecule has 0 saturated carbocycles. The van der Waals surface area contributed by atoms with E-state index in [1.54, 1.807) is 19.1 Å². The minimum Gasteiger partial charge on any atom is -0.481 e. The lowest BCUT2D eigenvalue weighted by Gasteiger charge is -2.15. The summed E-state index contributed by atoms with van der Waals surface area (Å²) < 4.78 is 5.46. The quantitative estimate of drug-likeness (QED) is 0.716. The topological polar surface area (TPSA) is 75.6 Å². The van der Waals surface area contributed by atoms with Crippen LogP contribution in [0.15, 0.2) is 18.2 Å². The predicted molar refractivity (Wildman–Crippen MR) is 81.0 cm³/mol. The van der Waals surface area contributed by atoms with Crippen LogP contribution in [0.1, 0.15) is 26.2 Å². The third kappa shape index (κ3) is 6.69. The van der Waals surface area contributed by atoms with Crippen LogP contribution in [0.2, 0.25) is 10.0 Å². The van der Waals surface area contributed by atoms with Gasteiger partial charge in [0.05, 0.1) is 5.02 Å². The first-order valence-corrected chi connectivity index (χ1v) is 7.27. The fourth-order valence-corrected chi connectivity index (χ4v) is 2.02. The molecule has 116 valence electrons. The molecule has 0 aliphatic carbocycles. The molecule has 0 fully saturated rings. The van der Waals surface area contributed by atoms with Crippen LogP contribution in [0.3, 0.4) is 0 Å². The Balaban J connectivity index is 2.35. The molecule has 2 N–H and O–H groups in total. The normalized spacial score (nSPS) is 11.8. The number of benzene rings is 1. The highest BCUT2D eigenvalue weighted by Gasteiger charge is 2.15. The predicted octanol–water partition coefficient (Wildman–Crippen LogP) is 3.13. The highest BCUT2D eigenvalue weighted by Crippen LogP contribution is 2.28. The first kappa shape index (κ1) is 17.6. The second-order valence-corrected chi connectivity index (χ2v) is 5.32. The molecule has 21 heavy (non-hydrogen) atoms. The zero-order valence-electron chi connectivity index (χ0n) is 11.6. The van der Waals surface area contributed by atoms with Gasteiger partial charge in [-0.1, -0.05) is 23.2 Å². The Hall–Kier alpha value is -1.46. The molecular weight excluding hydrogens is 317 g/mol. The molecule has 1 aromatic carbocycles. The van der Waals surface area contributed by atoms with Gasteiger partial charge in [0, 0.05) is 18.0 Å². The van der Waals surface area contributed by atoms with Crippen molar-refractivity contribution in [3.05, 3.63) is 28.2 Å². The number of amides is 1. The van der Waals surface area contributed by atoms with Gasteiger partial charge in [0.25, 0.3) is 5.91 Å². The minimum absolute atomic E-state index is 0.0995. The van der Waals surface area contributed by atoms with Gasteiger partial charge in [-0.25, -0.2) is 0 Å². The molecule has 0 aliphatic heterocycles. The van der Waals surface area contributed by atoms with E-state index in [9.17, 15) is 9.59 Å². The Morgan fingerprint density at radius 2 is 2.05 bits per heavy atom. The molecule has 1 aromatic rings. The largest absolute Gasteiger partial charge is 0.481 e. The summed E-state index contributed by atoms with van der Waals surface area (Å²) >= 11 is 11.7. The number of carboxylic acid groups (broad SMARTS) is 1. The molecule has 5 nitrogen and oxygen atoms in total. The van der Waals surface area contributed by atoms with Gasteiger partial charge in [-0.05, 0) is 38.0 Å². The van der Waals surface area contributed by atoms with E-state index in [2.05, 4.69) is 5.32 Å². The fraction of sp³-hybridized carbons (Fsp3) is 0.429. The van der Waals surface area contributed by atoms with E-state index in [0.717, 1.165) is 0 Å². The van der Waals surface area contributed by atoms with E-state index in [0.29, 0.717) is 35.2 Å². The lowest BCUT2D eigenvalue weighted by atomic mass is 10.2. The number of rotatable bonds is 8. The molecule has 0 saturated heterocycles. The van der Waals surface area contributed by atoms with E-state index in [-0.39, 0.29) is 12.3 Å². The Bertz CT molecular complexity index is 508. The molecule has 1 unspecified atom stereocenters. The van der Waals surface area contributed by atoms with Gasteiger partial charge in [0.1, 0.15) is 5.75 Å². The SMILES string of the molecule is CC(Oc1ccc(Cl)cc1Cl)C(=O)NCCCCC(=O)O. The van der Waals surface area contributed by atoms with Crippen LogP contribution in [0.5, 0.6) is 5.75 Å². The van der Waals surface area contributed by atoms with Crippen molar-refractivity contribution >= 4 is 35.1 Å². The van der Waals surface area contributed by atoms with Gasteiger partial charge in [0.2, 0.25) is 0 Å². The molecule has 0 heterocycles. The number of halogens is 2.